The highest BCUT2D eigenvalue weighted by atomic mass is 32.2. The first-order chi connectivity index (χ1) is 13.0. The highest BCUT2D eigenvalue weighted by Gasteiger charge is 2.41. The summed E-state index contributed by atoms with van der Waals surface area (Å²) in [5, 5.41) is 2.93. The maximum atomic E-state index is 14.0. The van der Waals surface area contributed by atoms with E-state index in [2.05, 4.69) is 10.3 Å². The summed E-state index contributed by atoms with van der Waals surface area (Å²) < 4.78 is 19.1. The van der Waals surface area contributed by atoms with Crippen LogP contribution < -0.4 is 15.0 Å². The van der Waals surface area contributed by atoms with Crippen molar-refractivity contribution in [3.8, 4) is 5.75 Å². The van der Waals surface area contributed by atoms with Gasteiger partial charge in [0.25, 0.3) is 0 Å². The number of anilines is 2. The number of carbonyl (C=O) groups is 2. The van der Waals surface area contributed by atoms with Crippen LogP contribution in [0.15, 0.2) is 53.5 Å². The van der Waals surface area contributed by atoms with Crippen molar-refractivity contribution in [2.45, 2.75) is 11.7 Å². The quantitative estimate of drug-likeness (QED) is 0.495. The molecule has 8 heteroatoms. The number of benzene rings is 2. The Balaban J connectivity index is 1.71. The fourth-order valence-electron chi connectivity index (χ4n) is 2.65. The van der Waals surface area contributed by atoms with Gasteiger partial charge in [0.05, 0.1) is 12.8 Å². The van der Waals surface area contributed by atoms with Crippen molar-refractivity contribution >= 4 is 40.1 Å². The van der Waals surface area contributed by atoms with Crippen molar-refractivity contribution in [2.24, 2.45) is 4.99 Å². The number of nitrogens with zero attached hydrogens (tertiary/aromatic N) is 2. The lowest BCUT2D eigenvalue weighted by Crippen LogP contribution is -2.32. The lowest BCUT2D eigenvalue weighted by Gasteiger charge is -2.16. The van der Waals surface area contributed by atoms with Gasteiger partial charge in [-0.25, -0.2) is 9.29 Å². The van der Waals surface area contributed by atoms with Crippen molar-refractivity contribution in [2.75, 3.05) is 24.4 Å². The van der Waals surface area contributed by atoms with Crippen molar-refractivity contribution in [3.05, 3.63) is 54.3 Å². The molecule has 140 valence electrons. The van der Waals surface area contributed by atoms with Gasteiger partial charge in [0.2, 0.25) is 11.8 Å². The molecule has 1 aliphatic rings. The first-order valence-electron chi connectivity index (χ1n) is 8.19. The first kappa shape index (κ1) is 18.9. The third kappa shape index (κ3) is 4.11. The normalized spacial score (nSPS) is 17.4. The van der Waals surface area contributed by atoms with Crippen LogP contribution in [-0.2, 0) is 9.59 Å². The van der Waals surface area contributed by atoms with E-state index in [1.54, 1.807) is 32.4 Å². The number of amidine groups is 1. The van der Waals surface area contributed by atoms with Gasteiger partial charge < -0.3 is 10.1 Å². The summed E-state index contributed by atoms with van der Waals surface area (Å²) in [6, 6.07) is 13.0. The standard InChI is InChI=1S/C19H18FN3O3S/c1-21-19(22-12-7-9-13(26-2)10-8-12)27-16-11-17(24)23(18(16)25)15-6-4-3-5-14(15)20/h3-10,16H,11H2,1-2H3,(H,21,22)/t16-/m0/s1. The molecule has 0 bridgehead atoms. The minimum Gasteiger partial charge on any atom is -0.497 e. The Kier molecular flexibility index (Phi) is 5.75. The molecule has 6 nitrogen and oxygen atoms in total. The third-order valence-electron chi connectivity index (χ3n) is 4.00. The molecule has 0 spiro atoms. The van der Waals surface area contributed by atoms with Crippen molar-refractivity contribution < 1.29 is 18.7 Å². The molecule has 2 aromatic rings. The zero-order valence-electron chi connectivity index (χ0n) is 14.8. The number of hydrogen-bond acceptors (Lipinski definition) is 5. The molecule has 1 aliphatic heterocycles. The first-order valence-corrected chi connectivity index (χ1v) is 9.07. The van der Waals surface area contributed by atoms with E-state index in [9.17, 15) is 14.0 Å². The fourth-order valence-corrected chi connectivity index (χ4v) is 3.64. The summed E-state index contributed by atoms with van der Waals surface area (Å²) in [5.41, 5.74) is 0.750. The number of nitrogens with one attached hydrogen (secondary N) is 1. The Labute approximate surface area is 160 Å². The molecule has 27 heavy (non-hydrogen) atoms. The third-order valence-corrected chi connectivity index (χ3v) is 5.16. The Bertz CT molecular complexity index is 886. The van der Waals surface area contributed by atoms with E-state index < -0.39 is 22.9 Å². The molecular weight excluding hydrogens is 369 g/mol. The number of para-hydroxylation sites is 1. The molecule has 0 radical (unpaired) electrons. The predicted molar refractivity (Wildman–Crippen MR) is 105 cm³/mol. The van der Waals surface area contributed by atoms with E-state index in [4.69, 9.17) is 4.74 Å². The smallest absolute Gasteiger partial charge is 0.247 e. The number of aliphatic imine (C=N–C) groups is 1. The molecule has 1 heterocycles. The van der Waals surface area contributed by atoms with Crippen LogP contribution in [-0.4, -0.2) is 36.4 Å². The maximum Gasteiger partial charge on any atom is 0.247 e. The highest BCUT2D eigenvalue weighted by Crippen LogP contribution is 2.32. The van der Waals surface area contributed by atoms with Gasteiger partial charge >= 0.3 is 0 Å². The van der Waals surface area contributed by atoms with Gasteiger partial charge in [-0.05, 0) is 36.4 Å². The molecule has 2 aromatic carbocycles. The molecule has 0 saturated carbocycles. The van der Waals surface area contributed by atoms with Crippen LogP contribution in [0, 0.1) is 5.82 Å². The zero-order valence-corrected chi connectivity index (χ0v) is 15.6. The number of halogens is 1. The van der Waals surface area contributed by atoms with Gasteiger partial charge in [-0.1, -0.05) is 23.9 Å². The molecule has 1 saturated heterocycles. The van der Waals surface area contributed by atoms with E-state index in [1.807, 2.05) is 12.1 Å². The lowest BCUT2D eigenvalue weighted by atomic mass is 10.3. The topological polar surface area (TPSA) is 71.0 Å². The fraction of sp³-hybridized carbons (Fsp3) is 0.211. The van der Waals surface area contributed by atoms with Gasteiger partial charge in [0, 0.05) is 19.2 Å². The van der Waals surface area contributed by atoms with Crippen molar-refractivity contribution in [1.29, 1.82) is 0 Å². The van der Waals surface area contributed by atoms with Crippen LogP contribution in [0.2, 0.25) is 0 Å². The van der Waals surface area contributed by atoms with Gasteiger partial charge in [-0.15, -0.1) is 0 Å². The van der Waals surface area contributed by atoms with Gasteiger partial charge in [-0.3, -0.25) is 14.6 Å². The van der Waals surface area contributed by atoms with Crippen molar-refractivity contribution in [1.82, 2.24) is 0 Å². The second kappa shape index (κ2) is 8.22. The van der Waals surface area contributed by atoms with Crippen LogP contribution in [0.25, 0.3) is 0 Å². The van der Waals surface area contributed by atoms with E-state index in [0.717, 1.165) is 28.1 Å². The second-order valence-electron chi connectivity index (χ2n) is 5.71. The monoisotopic (exact) mass is 387 g/mol. The molecule has 2 amide bonds. The van der Waals surface area contributed by atoms with Crippen LogP contribution in [0.5, 0.6) is 5.75 Å². The second-order valence-corrected chi connectivity index (χ2v) is 6.90. The molecule has 0 aliphatic carbocycles. The summed E-state index contributed by atoms with van der Waals surface area (Å²) in [6.07, 6.45) is -0.0128. The molecular formula is C19H18FN3O3S. The Morgan fingerprint density at radius 3 is 2.56 bits per heavy atom. The number of hydrogen-bond donors (Lipinski definition) is 1. The minimum absolute atomic E-state index is 0.0128. The molecule has 1 N–H and O–H groups in total. The number of carbonyl (C=O) groups excluding carboxylic acids is 2. The van der Waals surface area contributed by atoms with Gasteiger partial charge in [0.15, 0.2) is 5.17 Å². The summed E-state index contributed by atoms with van der Waals surface area (Å²) in [4.78, 5) is 30.0. The lowest BCUT2D eigenvalue weighted by molar-refractivity contribution is -0.121. The van der Waals surface area contributed by atoms with Crippen LogP contribution in [0.3, 0.4) is 0 Å². The molecule has 0 unspecified atom stereocenters. The Morgan fingerprint density at radius 2 is 1.93 bits per heavy atom. The maximum absolute atomic E-state index is 14.0. The Morgan fingerprint density at radius 1 is 1.22 bits per heavy atom. The SMILES string of the molecule is CN=C(Nc1ccc(OC)cc1)S[C@H]1CC(=O)N(c2ccccc2F)C1=O. The average Bonchev–Trinajstić information content (AvgIpc) is 2.95. The van der Waals surface area contributed by atoms with Gasteiger partial charge in [0.1, 0.15) is 16.8 Å². The van der Waals surface area contributed by atoms with Crippen LogP contribution in [0.1, 0.15) is 6.42 Å². The summed E-state index contributed by atoms with van der Waals surface area (Å²) in [5.74, 6) is -0.763. The molecule has 1 fully saturated rings. The van der Waals surface area contributed by atoms with Crippen molar-refractivity contribution in [3.63, 3.8) is 0 Å². The minimum atomic E-state index is -0.665. The van der Waals surface area contributed by atoms with Crippen LogP contribution in [0.4, 0.5) is 15.8 Å². The number of ether oxygens (including phenoxy) is 1. The number of amides is 2. The largest absolute Gasteiger partial charge is 0.497 e. The molecule has 1 atom stereocenters. The average molecular weight is 387 g/mol. The van der Waals surface area contributed by atoms with E-state index in [0.29, 0.717) is 5.17 Å². The number of rotatable bonds is 4. The summed E-state index contributed by atoms with van der Waals surface area (Å²) in [7, 11) is 3.18. The van der Waals surface area contributed by atoms with Gasteiger partial charge in [-0.2, -0.15) is 0 Å². The summed E-state index contributed by atoms with van der Waals surface area (Å²) >= 11 is 1.15. The molecule has 0 aromatic heterocycles. The Hall–Kier alpha value is -2.87. The van der Waals surface area contributed by atoms with E-state index in [-0.39, 0.29) is 12.1 Å². The van der Waals surface area contributed by atoms with E-state index in [1.165, 1.54) is 18.2 Å². The zero-order chi connectivity index (χ0) is 19.4. The number of imide groups is 1. The van der Waals surface area contributed by atoms with Crippen LogP contribution >= 0.6 is 11.8 Å². The predicted octanol–water partition coefficient (Wildman–Crippen LogP) is 3.30. The van der Waals surface area contributed by atoms with E-state index >= 15 is 0 Å². The highest BCUT2D eigenvalue weighted by molar-refractivity contribution is 8.15. The number of thioether (sulfide) groups is 1. The summed E-state index contributed by atoms with van der Waals surface area (Å²) in [6.45, 7) is 0. The number of methoxy groups -OCH3 is 1. The molecule has 3 rings (SSSR count).